The first-order valence-corrected chi connectivity index (χ1v) is 5.55. The van der Waals surface area contributed by atoms with Crippen molar-refractivity contribution < 1.29 is 9.90 Å². The van der Waals surface area contributed by atoms with Crippen LogP contribution in [0.3, 0.4) is 0 Å². The van der Waals surface area contributed by atoms with Gasteiger partial charge in [0.25, 0.3) is 0 Å². The van der Waals surface area contributed by atoms with E-state index < -0.39 is 5.97 Å². The maximum absolute atomic E-state index is 10.9. The fraction of sp³-hybridized carbons (Fsp3) is 0.500. The van der Waals surface area contributed by atoms with E-state index in [-0.39, 0.29) is 0 Å². The summed E-state index contributed by atoms with van der Waals surface area (Å²) in [4.78, 5) is 10.9. The summed E-state index contributed by atoms with van der Waals surface area (Å²) in [6.07, 6.45) is 5.56. The average Bonchev–Trinajstić information content (AvgIpc) is 2.86. The lowest BCUT2D eigenvalue weighted by Gasteiger charge is -2.04. The van der Waals surface area contributed by atoms with Crippen LogP contribution in [0, 0.1) is 5.92 Å². The summed E-state index contributed by atoms with van der Waals surface area (Å²) in [5.74, 6) is -0.0238. The Bertz CT molecular complexity index is 355. The third-order valence-electron chi connectivity index (χ3n) is 2.56. The number of hydrogen-bond acceptors (Lipinski definition) is 1. The smallest absolute Gasteiger partial charge is 0.352 e. The zero-order valence-electron chi connectivity index (χ0n) is 7.74. The van der Waals surface area contributed by atoms with Crippen LogP contribution in [0.5, 0.6) is 0 Å². The Kier molecular flexibility index (Phi) is 2.63. The van der Waals surface area contributed by atoms with Gasteiger partial charge in [-0.25, -0.2) is 4.79 Å². The summed E-state index contributed by atoms with van der Waals surface area (Å²) in [5.41, 5.74) is 0.373. The molecule has 1 aliphatic carbocycles. The monoisotopic (exact) mass is 257 g/mol. The molecule has 0 aromatic carbocycles. The van der Waals surface area contributed by atoms with E-state index in [0.717, 1.165) is 23.4 Å². The quantitative estimate of drug-likeness (QED) is 0.902. The molecule has 1 aromatic rings. The van der Waals surface area contributed by atoms with Crippen molar-refractivity contribution in [3.63, 3.8) is 0 Å². The average molecular weight is 258 g/mol. The third-order valence-corrected chi connectivity index (χ3v) is 2.99. The number of nitrogens with zero attached hydrogens (tertiary/aromatic N) is 1. The van der Waals surface area contributed by atoms with Crippen LogP contribution in [-0.2, 0) is 6.54 Å². The first-order valence-electron chi connectivity index (χ1n) is 4.76. The molecule has 1 heterocycles. The zero-order valence-corrected chi connectivity index (χ0v) is 9.33. The van der Waals surface area contributed by atoms with Gasteiger partial charge in [-0.1, -0.05) is 12.8 Å². The van der Waals surface area contributed by atoms with E-state index in [1.54, 1.807) is 6.07 Å². The van der Waals surface area contributed by atoms with Crippen molar-refractivity contribution in [2.24, 2.45) is 5.92 Å². The first kappa shape index (κ1) is 9.77. The molecule has 0 bridgehead atoms. The molecule has 1 N–H and O–H groups in total. The summed E-state index contributed by atoms with van der Waals surface area (Å²) >= 11 is 3.29. The molecular weight excluding hydrogens is 246 g/mol. The van der Waals surface area contributed by atoms with E-state index in [2.05, 4.69) is 15.9 Å². The maximum atomic E-state index is 10.9. The molecule has 0 saturated heterocycles. The predicted molar refractivity (Wildman–Crippen MR) is 56.4 cm³/mol. The number of aromatic carboxylic acids is 1. The number of aromatic nitrogens is 1. The Labute approximate surface area is 90.9 Å². The molecule has 0 spiro atoms. The van der Waals surface area contributed by atoms with Crippen LogP contribution in [0.15, 0.2) is 16.7 Å². The molecule has 4 heteroatoms. The Morgan fingerprint density at radius 2 is 2.36 bits per heavy atom. The Balaban J connectivity index is 2.09. The number of aryl methyl sites for hydroxylation is 1. The lowest BCUT2D eigenvalue weighted by atomic mass is 10.3. The molecule has 0 radical (unpaired) electrons. The van der Waals surface area contributed by atoms with Gasteiger partial charge < -0.3 is 9.67 Å². The highest BCUT2D eigenvalue weighted by molar-refractivity contribution is 9.10. The van der Waals surface area contributed by atoms with Crippen LogP contribution in [0.2, 0.25) is 0 Å². The minimum Gasteiger partial charge on any atom is -0.477 e. The number of halogens is 1. The van der Waals surface area contributed by atoms with Crippen LogP contribution in [0.25, 0.3) is 0 Å². The topological polar surface area (TPSA) is 42.2 Å². The van der Waals surface area contributed by atoms with E-state index in [1.165, 1.54) is 12.8 Å². The molecular formula is C10H12BrNO2. The minimum absolute atomic E-state index is 0.373. The van der Waals surface area contributed by atoms with Crippen molar-refractivity contribution in [1.82, 2.24) is 4.57 Å². The van der Waals surface area contributed by atoms with Crippen molar-refractivity contribution in [1.29, 1.82) is 0 Å². The molecule has 2 rings (SSSR count). The lowest BCUT2D eigenvalue weighted by Crippen LogP contribution is -2.07. The standard InChI is InChI=1S/C10H12BrNO2/c11-8-5-9(10(13)14)12(6-8)4-3-7-1-2-7/h5-7H,1-4H2,(H,13,14). The van der Waals surface area contributed by atoms with Crippen molar-refractivity contribution in [2.75, 3.05) is 0 Å². The summed E-state index contributed by atoms with van der Waals surface area (Å²) in [6, 6.07) is 1.65. The number of carboxylic acid groups (broad SMARTS) is 1. The molecule has 0 aliphatic heterocycles. The number of hydrogen-bond donors (Lipinski definition) is 1. The van der Waals surface area contributed by atoms with E-state index in [0.29, 0.717) is 5.69 Å². The van der Waals surface area contributed by atoms with Gasteiger partial charge in [0.1, 0.15) is 5.69 Å². The molecule has 3 nitrogen and oxygen atoms in total. The fourth-order valence-electron chi connectivity index (χ4n) is 1.57. The number of carbonyl (C=O) groups is 1. The second kappa shape index (κ2) is 3.77. The number of carboxylic acids is 1. The first-order chi connectivity index (χ1) is 6.66. The van der Waals surface area contributed by atoms with Gasteiger partial charge in [0.15, 0.2) is 0 Å². The van der Waals surface area contributed by atoms with Crippen molar-refractivity contribution in [3.8, 4) is 0 Å². The van der Waals surface area contributed by atoms with Gasteiger partial charge in [0, 0.05) is 17.2 Å². The van der Waals surface area contributed by atoms with E-state index in [1.807, 2.05) is 10.8 Å². The van der Waals surface area contributed by atoms with Gasteiger partial charge in [-0.15, -0.1) is 0 Å². The fourth-order valence-corrected chi connectivity index (χ4v) is 2.03. The minimum atomic E-state index is -0.855. The van der Waals surface area contributed by atoms with Gasteiger partial charge in [-0.2, -0.15) is 0 Å². The van der Waals surface area contributed by atoms with E-state index in [4.69, 9.17) is 5.11 Å². The third kappa shape index (κ3) is 2.18. The molecule has 1 fully saturated rings. The molecule has 0 amide bonds. The SMILES string of the molecule is O=C(O)c1cc(Br)cn1CCC1CC1. The van der Waals surface area contributed by atoms with Crippen LogP contribution in [0.1, 0.15) is 29.8 Å². The van der Waals surface area contributed by atoms with Crippen molar-refractivity contribution >= 4 is 21.9 Å². The lowest BCUT2D eigenvalue weighted by molar-refractivity contribution is 0.0685. The van der Waals surface area contributed by atoms with Gasteiger partial charge in [0.2, 0.25) is 0 Å². The van der Waals surface area contributed by atoms with Gasteiger partial charge >= 0.3 is 5.97 Å². The van der Waals surface area contributed by atoms with Crippen LogP contribution in [0.4, 0.5) is 0 Å². The molecule has 1 aliphatic rings. The second-order valence-electron chi connectivity index (χ2n) is 3.77. The summed E-state index contributed by atoms with van der Waals surface area (Å²) < 4.78 is 2.65. The predicted octanol–water partition coefficient (Wildman–Crippen LogP) is 2.75. The van der Waals surface area contributed by atoms with Crippen molar-refractivity contribution in [3.05, 3.63) is 22.4 Å². The zero-order chi connectivity index (χ0) is 10.1. The maximum Gasteiger partial charge on any atom is 0.352 e. The van der Waals surface area contributed by atoms with Crippen LogP contribution < -0.4 is 0 Å². The molecule has 76 valence electrons. The normalized spacial score (nSPS) is 15.8. The molecule has 0 unspecified atom stereocenters. The van der Waals surface area contributed by atoms with Gasteiger partial charge in [-0.05, 0) is 34.3 Å². The highest BCUT2D eigenvalue weighted by Crippen LogP contribution is 2.33. The molecule has 14 heavy (non-hydrogen) atoms. The Morgan fingerprint density at radius 3 is 2.93 bits per heavy atom. The Morgan fingerprint density at radius 1 is 1.64 bits per heavy atom. The highest BCUT2D eigenvalue weighted by Gasteiger charge is 2.21. The largest absolute Gasteiger partial charge is 0.477 e. The second-order valence-corrected chi connectivity index (χ2v) is 4.69. The van der Waals surface area contributed by atoms with E-state index in [9.17, 15) is 4.79 Å². The van der Waals surface area contributed by atoms with Crippen LogP contribution in [-0.4, -0.2) is 15.6 Å². The highest BCUT2D eigenvalue weighted by atomic mass is 79.9. The summed E-state index contributed by atoms with van der Waals surface area (Å²) in [6.45, 7) is 0.817. The Hall–Kier alpha value is -0.770. The van der Waals surface area contributed by atoms with E-state index >= 15 is 0 Å². The van der Waals surface area contributed by atoms with Gasteiger partial charge in [0.05, 0.1) is 0 Å². The van der Waals surface area contributed by atoms with Crippen molar-refractivity contribution in [2.45, 2.75) is 25.8 Å². The van der Waals surface area contributed by atoms with Crippen LogP contribution >= 0.6 is 15.9 Å². The molecule has 1 aromatic heterocycles. The molecule has 1 saturated carbocycles. The summed E-state index contributed by atoms with van der Waals surface area (Å²) in [7, 11) is 0. The van der Waals surface area contributed by atoms with Gasteiger partial charge in [-0.3, -0.25) is 0 Å². The molecule has 0 atom stereocenters. The summed E-state index contributed by atoms with van der Waals surface area (Å²) in [5, 5.41) is 8.92. The number of rotatable bonds is 4.